The zero-order valence-electron chi connectivity index (χ0n) is 14.4. The summed E-state index contributed by atoms with van der Waals surface area (Å²) in [6.45, 7) is 1.80. The van der Waals surface area contributed by atoms with Crippen LogP contribution in [0, 0.1) is 0 Å². The van der Waals surface area contributed by atoms with Crippen LogP contribution in [-0.2, 0) is 11.2 Å². The number of H-pyrrole nitrogens is 1. The highest BCUT2D eigenvalue weighted by Gasteiger charge is 2.12. The maximum absolute atomic E-state index is 10.8. The summed E-state index contributed by atoms with van der Waals surface area (Å²) in [7, 11) is 0. The topological polar surface area (TPSA) is 87.2 Å². The van der Waals surface area contributed by atoms with Gasteiger partial charge in [-0.1, -0.05) is 30.1 Å². The van der Waals surface area contributed by atoms with E-state index in [0.717, 1.165) is 23.4 Å². The van der Waals surface area contributed by atoms with Gasteiger partial charge in [0, 0.05) is 22.3 Å². The van der Waals surface area contributed by atoms with E-state index in [0.29, 0.717) is 27.2 Å². The van der Waals surface area contributed by atoms with Gasteiger partial charge in [0.15, 0.2) is 5.75 Å². The van der Waals surface area contributed by atoms with E-state index in [9.17, 15) is 4.79 Å². The van der Waals surface area contributed by atoms with Crippen molar-refractivity contribution < 1.29 is 14.6 Å². The molecular formula is C19H17Cl2N3O3. The molecule has 140 valence electrons. The summed E-state index contributed by atoms with van der Waals surface area (Å²) in [5, 5.41) is 19.7. The van der Waals surface area contributed by atoms with Crippen molar-refractivity contribution in [2.45, 2.75) is 13.3 Å². The monoisotopic (exact) mass is 405 g/mol. The lowest BCUT2D eigenvalue weighted by Gasteiger charge is -2.14. The first-order chi connectivity index (χ1) is 13.0. The number of carboxylic acid groups (broad SMARTS) is 1. The highest BCUT2D eigenvalue weighted by atomic mass is 35.5. The van der Waals surface area contributed by atoms with Crippen LogP contribution in [-0.4, -0.2) is 27.8 Å². The molecule has 3 rings (SSSR count). The minimum atomic E-state index is -0.983. The highest BCUT2D eigenvalue weighted by molar-refractivity contribution is 6.32. The van der Waals surface area contributed by atoms with Crippen molar-refractivity contribution in [2.75, 3.05) is 11.9 Å². The third kappa shape index (κ3) is 4.72. The summed E-state index contributed by atoms with van der Waals surface area (Å²) in [5.74, 6) is -0.178. The largest absolute Gasteiger partial charge is 0.480 e. The fourth-order valence-corrected chi connectivity index (χ4v) is 2.83. The van der Waals surface area contributed by atoms with Gasteiger partial charge in [0.05, 0.1) is 16.4 Å². The molecule has 0 aliphatic carbocycles. The van der Waals surface area contributed by atoms with Gasteiger partial charge in [-0.05, 0) is 42.8 Å². The molecule has 0 amide bonds. The quantitative estimate of drug-likeness (QED) is 0.500. The van der Waals surface area contributed by atoms with Crippen LogP contribution in [0.3, 0.4) is 0 Å². The summed E-state index contributed by atoms with van der Waals surface area (Å²) >= 11 is 12.4. The van der Waals surface area contributed by atoms with E-state index in [1.807, 2.05) is 19.1 Å². The molecule has 1 aromatic heterocycles. The highest BCUT2D eigenvalue weighted by Crippen LogP contribution is 2.37. The standard InChI is InChI=1S/C19H17Cl2N3O3/c1-2-13-9-16(24-23-13)11-3-6-17(14(21)7-11)27-18-8-12(20)4-5-15(18)22-10-19(25)26/h3-9,22H,2,10H2,1H3,(H,23,24)(H,25,26). The Kier molecular flexibility index (Phi) is 5.88. The van der Waals surface area contributed by atoms with Gasteiger partial charge in [-0.25, -0.2) is 0 Å². The van der Waals surface area contributed by atoms with E-state index >= 15 is 0 Å². The maximum Gasteiger partial charge on any atom is 0.322 e. The summed E-state index contributed by atoms with van der Waals surface area (Å²) in [5.41, 5.74) is 3.20. The van der Waals surface area contributed by atoms with Gasteiger partial charge in [0.2, 0.25) is 0 Å². The van der Waals surface area contributed by atoms with Crippen LogP contribution in [0.25, 0.3) is 11.3 Å². The lowest BCUT2D eigenvalue weighted by molar-refractivity contribution is -0.134. The number of rotatable bonds is 7. The average Bonchev–Trinajstić information content (AvgIpc) is 3.12. The van der Waals surface area contributed by atoms with Gasteiger partial charge in [0.25, 0.3) is 0 Å². The SMILES string of the molecule is CCc1cc(-c2ccc(Oc3cc(Cl)ccc3NCC(=O)O)c(Cl)c2)n[nH]1. The summed E-state index contributed by atoms with van der Waals surface area (Å²) < 4.78 is 5.87. The number of carboxylic acids is 1. The molecule has 0 atom stereocenters. The number of halogens is 2. The molecule has 0 radical (unpaired) electrons. The normalized spacial score (nSPS) is 10.6. The predicted molar refractivity (Wildman–Crippen MR) is 106 cm³/mol. The Morgan fingerprint density at radius 2 is 2.00 bits per heavy atom. The predicted octanol–water partition coefficient (Wildman–Crippen LogP) is 5.23. The molecule has 27 heavy (non-hydrogen) atoms. The number of aromatic amines is 1. The fraction of sp³-hybridized carbons (Fsp3) is 0.158. The van der Waals surface area contributed by atoms with Crippen molar-refractivity contribution in [2.24, 2.45) is 0 Å². The Hall–Kier alpha value is -2.70. The Labute approximate surface area is 166 Å². The third-order valence-corrected chi connectivity index (χ3v) is 4.36. The van der Waals surface area contributed by atoms with Crippen molar-refractivity contribution in [1.82, 2.24) is 10.2 Å². The van der Waals surface area contributed by atoms with Crippen molar-refractivity contribution in [1.29, 1.82) is 0 Å². The molecule has 0 bridgehead atoms. The third-order valence-electron chi connectivity index (χ3n) is 3.83. The first-order valence-electron chi connectivity index (χ1n) is 8.23. The van der Waals surface area contributed by atoms with Gasteiger partial charge in [0.1, 0.15) is 12.3 Å². The minimum absolute atomic E-state index is 0.246. The minimum Gasteiger partial charge on any atom is -0.480 e. The van der Waals surface area contributed by atoms with E-state index in [1.54, 1.807) is 30.3 Å². The van der Waals surface area contributed by atoms with Crippen LogP contribution in [0.2, 0.25) is 10.0 Å². The second-order valence-corrected chi connectivity index (χ2v) is 6.61. The number of anilines is 1. The van der Waals surface area contributed by atoms with Gasteiger partial charge >= 0.3 is 5.97 Å². The Balaban J connectivity index is 1.85. The number of carbonyl (C=O) groups is 1. The van der Waals surface area contributed by atoms with Crippen LogP contribution >= 0.6 is 23.2 Å². The average molecular weight is 406 g/mol. The molecule has 0 spiro atoms. The number of benzene rings is 2. The lowest BCUT2D eigenvalue weighted by Crippen LogP contribution is -2.12. The van der Waals surface area contributed by atoms with E-state index in [4.69, 9.17) is 33.0 Å². The number of nitrogens with one attached hydrogen (secondary N) is 2. The van der Waals surface area contributed by atoms with Crippen molar-refractivity contribution in [3.05, 3.63) is 58.2 Å². The second kappa shape index (κ2) is 8.33. The van der Waals surface area contributed by atoms with Gasteiger partial charge in [-0.15, -0.1) is 0 Å². The number of hydrogen-bond donors (Lipinski definition) is 3. The number of aryl methyl sites for hydroxylation is 1. The molecule has 0 saturated heterocycles. The number of aromatic nitrogens is 2. The smallest absolute Gasteiger partial charge is 0.322 e. The summed E-state index contributed by atoms with van der Waals surface area (Å²) in [6, 6.07) is 12.2. The van der Waals surface area contributed by atoms with Crippen LogP contribution in [0.4, 0.5) is 5.69 Å². The molecule has 3 aromatic rings. The Morgan fingerprint density at radius 1 is 1.19 bits per heavy atom. The molecule has 0 saturated carbocycles. The number of aliphatic carboxylic acids is 1. The van der Waals surface area contributed by atoms with Gasteiger partial charge in [-0.2, -0.15) is 5.10 Å². The lowest BCUT2D eigenvalue weighted by atomic mass is 10.1. The molecule has 0 aliphatic rings. The molecule has 8 heteroatoms. The second-order valence-electron chi connectivity index (χ2n) is 5.77. The van der Waals surface area contributed by atoms with E-state index in [-0.39, 0.29) is 6.54 Å². The van der Waals surface area contributed by atoms with Crippen LogP contribution in [0.15, 0.2) is 42.5 Å². The summed E-state index contributed by atoms with van der Waals surface area (Å²) in [6.07, 6.45) is 0.864. The molecule has 0 aliphatic heterocycles. The first kappa shape index (κ1) is 19.1. The summed E-state index contributed by atoms with van der Waals surface area (Å²) in [4.78, 5) is 10.8. The van der Waals surface area contributed by atoms with Crippen LogP contribution in [0.1, 0.15) is 12.6 Å². The zero-order chi connectivity index (χ0) is 19.4. The van der Waals surface area contributed by atoms with Gasteiger partial charge < -0.3 is 15.2 Å². The molecule has 1 heterocycles. The van der Waals surface area contributed by atoms with Gasteiger partial charge in [-0.3, -0.25) is 9.89 Å². The molecule has 2 aromatic carbocycles. The number of ether oxygens (including phenoxy) is 1. The molecule has 3 N–H and O–H groups in total. The first-order valence-corrected chi connectivity index (χ1v) is 8.99. The fourth-order valence-electron chi connectivity index (χ4n) is 2.45. The maximum atomic E-state index is 10.8. The van der Waals surface area contributed by atoms with Crippen molar-refractivity contribution >= 4 is 34.9 Å². The molecule has 6 nitrogen and oxygen atoms in total. The van der Waals surface area contributed by atoms with E-state index < -0.39 is 5.97 Å². The van der Waals surface area contributed by atoms with Crippen molar-refractivity contribution in [3.63, 3.8) is 0 Å². The Bertz CT molecular complexity index is 973. The molecule has 0 unspecified atom stereocenters. The number of nitrogens with zero attached hydrogens (tertiary/aromatic N) is 1. The van der Waals surface area contributed by atoms with E-state index in [1.165, 1.54) is 0 Å². The van der Waals surface area contributed by atoms with Crippen LogP contribution < -0.4 is 10.1 Å². The zero-order valence-corrected chi connectivity index (χ0v) is 15.9. The van der Waals surface area contributed by atoms with Crippen LogP contribution in [0.5, 0.6) is 11.5 Å². The molecular weight excluding hydrogens is 389 g/mol. The molecule has 0 fully saturated rings. The number of hydrogen-bond acceptors (Lipinski definition) is 4. The van der Waals surface area contributed by atoms with Crippen molar-refractivity contribution in [3.8, 4) is 22.8 Å². The Morgan fingerprint density at radius 3 is 2.67 bits per heavy atom. The van der Waals surface area contributed by atoms with E-state index in [2.05, 4.69) is 15.5 Å².